The van der Waals surface area contributed by atoms with E-state index in [-0.39, 0.29) is 5.91 Å². The summed E-state index contributed by atoms with van der Waals surface area (Å²) in [6, 6.07) is 3.05. The maximum absolute atomic E-state index is 12.2. The van der Waals surface area contributed by atoms with Crippen molar-refractivity contribution in [2.45, 2.75) is 26.7 Å². The number of carbonyl (C=O) groups excluding carboxylic acids is 1. The molecule has 0 saturated heterocycles. The number of nitrogens with one attached hydrogen (secondary N) is 1. The van der Waals surface area contributed by atoms with E-state index in [1.807, 2.05) is 6.92 Å². The van der Waals surface area contributed by atoms with Crippen LogP contribution in [0.4, 0.5) is 5.13 Å². The molecule has 5 nitrogen and oxygen atoms in total. The molecular formula is C14H15Cl2N3O2S. The van der Waals surface area contributed by atoms with Gasteiger partial charge >= 0.3 is 0 Å². The first kappa shape index (κ1) is 17.0. The Morgan fingerprint density at radius 1 is 1.32 bits per heavy atom. The van der Waals surface area contributed by atoms with Crippen LogP contribution < -0.4 is 10.1 Å². The third-order valence-electron chi connectivity index (χ3n) is 2.75. The van der Waals surface area contributed by atoms with Crippen LogP contribution in [-0.4, -0.2) is 22.7 Å². The molecule has 0 radical (unpaired) electrons. The lowest BCUT2D eigenvalue weighted by molar-refractivity contribution is 0.102. The Morgan fingerprint density at radius 2 is 2.00 bits per heavy atom. The number of ether oxygens (including phenoxy) is 1. The van der Waals surface area contributed by atoms with Gasteiger partial charge in [0, 0.05) is 5.56 Å². The summed E-state index contributed by atoms with van der Waals surface area (Å²) < 4.78 is 5.55. The Kier molecular flexibility index (Phi) is 5.99. The number of amides is 1. The molecule has 0 spiro atoms. The fraction of sp³-hybridized carbons (Fsp3) is 0.357. The summed E-state index contributed by atoms with van der Waals surface area (Å²) in [5.41, 5.74) is 0.339. The highest BCUT2D eigenvalue weighted by molar-refractivity contribution is 7.15. The highest BCUT2D eigenvalue weighted by atomic mass is 35.5. The van der Waals surface area contributed by atoms with E-state index < -0.39 is 0 Å². The molecule has 2 rings (SSSR count). The number of rotatable bonds is 6. The first-order valence-electron chi connectivity index (χ1n) is 6.74. The number of hydrogen-bond donors (Lipinski definition) is 1. The average Bonchev–Trinajstić information content (AvgIpc) is 2.87. The number of anilines is 1. The van der Waals surface area contributed by atoms with Crippen molar-refractivity contribution in [2.75, 3.05) is 11.9 Å². The zero-order chi connectivity index (χ0) is 16.1. The van der Waals surface area contributed by atoms with Crippen molar-refractivity contribution in [1.29, 1.82) is 0 Å². The van der Waals surface area contributed by atoms with Crippen LogP contribution in [0.3, 0.4) is 0 Å². The monoisotopic (exact) mass is 359 g/mol. The summed E-state index contributed by atoms with van der Waals surface area (Å²) in [5, 5.41) is 12.1. The van der Waals surface area contributed by atoms with E-state index in [1.165, 1.54) is 23.5 Å². The molecule has 1 amide bonds. The molecule has 0 unspecified atom stereocenters. The second kappa shape index (κ2) is 7.76. The minimum atomic E-state index is -0.347. The highest BCUT2D eigenvalue weighted by Crippen LogP contribution is 2.34. The molecule has 22 heavy (non-hydrogen) atoms. The van der Waals surface area contributed by atoms with Gasteiger partial charge in [0.25, 0.3) is 5.91 Å². The lowest BCUT2D eigenvalue weighted by Gasteiger charge is -2.11. The van der Waals surface area contributed by atoms with E-state index in [0.29, 0.717) is 33.1 Å². The first-order valence-corrected chi connectivity index (χ1v) is 8.31. The van der Waals surface area contributed by atoms with Crippen molar-refractivity contribution in [1.82, 2.24) is 10.2 Å². The predicted molar refractivity (Wildman–Crippen MR) is 89.5 cm³/mol. The minimum Gasteiger partial charge on any atom is -0.490 e. The molecule has 0 atom stereocenters. The third-order valence-corrected chi connectivity index (χ3v) is 4.07. The van der Waals surface area contributed by atoms with Gasteiger partial charge < -0.3 is 4.74 Å². The first-order chi connectivity index (χ1) is 10.5. The van der Waals surface area contributed by atoms with Gasteiger partial charge in [-0.2, -0.15) is 0 Å². The molecule has 118 valence electrons. The topological polar surface area (TPSA) is 64.1 Å². The van der Waals surface area contributed by atoms with Crippen LogP contribution in [0.25, 0.3) is 0 Å². The number of hydrogen-bond acceptors (Lipinski definition) is 5. The molecule has 2 aromatic rings. The molecule has 1 N–H and O–H groups in total. The number of benzene rings is 1. The van der Waals surface area contributed by atoms with E-state index in [9.17, 15) is 4.79 Å². The maximum Gasteiger partial charge on any atom is 0.257 e. The maximum atomic E-state index is 12.2. The molecule has 0 bridgehead atoms. The summed E-state index contributed by atoms with van der Waals surface area (Å²) in [6.07, 6.45) is 1.92. The molecule has 0 aliphatic rings. The fourth-order valence-corrected chi connectivity index (χ4v) is 2.85. The van der Waals surface area contributed by atoms with Gasteiger partial charge in [0.15, 0.2) is 5.75 Å². The van der Waals surface area contributed by atoms with Crippen LogP contribution in [-0.2, 0) is 0 Å². The van der Waals surface area contributed by atoms with Crippen molar-refractivity contribution < 1.29 is 9.53 Å². The second-order valence-electron chi connectivity index (χ2n) is 4.55. The van der Waals surface area contributed by atoms with Gasteiger partial charge in [0.2, 0.25) is 5.13 Å². The molecule has 0 aliphatic heterocycles. The van der Waals surface area contributed by atoms with Gasteiger partial charge in [0.1, 0.15) is 5.01 Å². The molecule has 0 fully saturated rings. The van der Waals surface area contributed by atoms with Crippen LogP contribution in [0, 0.1) is 6.92 Å². The summed E-state index contributed by atoms with van der Waals surface area (Å²) in [5.74, 6) is 0.0557. The summed E-state index contributed by atoms with van der Waals surface area (Å²) in [7, 11) is 0. The van der Waals surface area contributed by atoms with Gasteiger partial charge in [-0.25, -0.2) is 0 Å². The molecule has 1 aromatic heterocycles. The molecule has 0 saturated carbocycles. The highest BCUT2D eigenvalue weighted by Gasteiger charge is 2.15. The van der Waals surface area contributed by atoms with Crippen molar-refractivity contribution in [3.05, 3.63) is 32.7 Å². The number of carbonyl (C=O) groups is 1. The van der Waals surface area contributed by atoms with Crippen molar-refractivity contribution in [3.63, 3.8) is 0 Å². The Hall–Kier alpha value is -1.37. The fourth-order valence-electron chi connectivity index (χ4n) is 1.66. The van der Waals surface area contributed by atoms with Crippen LogP contribution in [0.15, 0.2) is 12.1 Å². The van der Waals surface area contributed by atoms with Gasteiger partial charge in [-0.15, -0.1) is 10.2 Å². The molecule has 0 aliphatic carbocycles. The van der Waals surface area contributed by atoms with Gasteiger partial charge in [0.05, 0.1) is 16.7 Å². The van der Waals surface area contributed by atoms with E-state index >= 15 is 0 Å². The molecule has 8 heteroatoms. The van der Waals surface area contributed by atoms with E-state index in [0.717, 1.165) is 17.8 Å². The minimum absolute atomic E-state index is 0.308. The van der Waals surface area contributed by atoms with E-state index in [4.69, 9.17) is 27.9 Å². The van der Waals surface area contributed by atoms with Gasteiger partial charge in [-0.05, 0) is 25.5 Å². The Labute approximate surface area is 142 Å². The van der Waals surface area contributed by atoms with Crippen LogP contribution in [0.1, 0.15) is 35.1 Å². The molecular weight excluding hydrogens is 345 g/mol. The van der Waals surface area contributed by atoms with Crippen LogP contribution in [0.5, 0.6) is 5.75 Å². The number of aromatic nitrogens is 2. The Bertz CT molecular complexity index is 653. The second-order valence-corrected chi connectivity index (χ2v) is 6.55. The van der Waals surface area contributed by atoms with E-state index in [1.54, 1.807) is 0 Å². The van der Waals surface area contributed by atoms with Crippen molar-refractivity contribution in [3.8, 4) is 5.75 Å². The third kappa shape index (κ3) is 4.32. The zero-order valence-corrected chi connectivity index (χ0v) is 14.5. The smallest absolute Gasteiger partial charge is 0.257 e. The normalized spacial score (nSPS) is 10.5. The quantitative estimate of drug-likeness (QED) is 0.766. The predicted octanol–water partition coefficient (Wildman–Crippen LogP) is 4.58. The molecule has 1 aromatic carbocycles. The Balaban J connectivity index is 2.13. The number of unbranched alkanes of at least 4 members (excludes halogenated alkanes) is 1. The zero-order valence-electron chi connectivity index (χ0n) is 12.2. The lowest BCUT2D eigenvalue weighted by Crippen LogP contribution is -2.12. The number of aryl methyl sites for hydroxylation is 1. The van der Waals surface area contributed by atoms with Crippen molar-refractivity contribution >= 4 is 45.6 Å². The van der Waals surface area contributed by atoms with Crippen LogP contribution >= 0.6 is 34.5 Å². The average molecular weight is 360 g/mol. The standard InChI is InChI=1S/C14H15Cl2N3O2S/c1-3-4-5-21-12-10(15)6-9(7-11(12)16)13(20)17-14-19-18-8(2)22-14/h6-7H,3-5H2,1-2H3,(H,17,19,20). The summed E-state index contributed by atoms with van der Waals surface area (Å²) in [6.45, 7) is 4.41. The lowest BCUT2D eigenvalue weighted by atomic mass is 10.2. The summed E-state index contributed by atoms with van der Waals surface area (Å²) in [4.78, 5) is 12.2. The molecule has 1 heterocycles. The number of nitrogens with zero attached hydrogens (tertiary/aromatic N) is 2. The number of halogens is 2. The largest absolute Gasteiger partial charge is 0.490 e. The van der Waals surface area contributed by atoms with Gasteiger partial charge in [-0.1, -0.05) is 47.9 Å². The SMILES string of the molecule is CCCCOc1c(Cl)cc(C(=O)Nc2nnc(C)s2)cc1Cl. The van der Waals surface area contributed by atoms with Crippen molar-refractivity contribution in [2.24, 2.45) is 0 Å². The Morgan fingerprint density at radius 3 is 2.55 bits per heavy atom. The van der Waals surface area contributed by atoms with E-state index in [2.05, 4.69) is 22.4 Å². The van der Waals surface area contributed by atoms with Crippen LogP contribution in [0.2, 0.25) is 10.0 Å². The summed E-state index contributed by atoms with van der Waals surface area (Å²) >= 11 is 13.6. The van der Waals surface area contributed by atoms with Gasteiger partial charge in [-0.3, -0.25) is 10.1 Å².